The number of aryl methyl sites for hydroxylation is 1. The third kappa shape index (κ3) is 4.20. The number of methoxy groups -OCH3 is 1. The summed E-state index contributed by atoms with van der Waals surface area (Å²) in [6.45, 7) is 4.08. The van der Waals surface area contributed by atoms with Crippen molar-refractivity contribution in [2.45, 2.75) is 51.8 Å². The number of amides is 1. The van der Waals surface area contributed by atoms with Gasteiger partial charge in [0.1, 0.15) is 11.3 Å². The maximum Gasteiger partial charge on any atom is 0.254 e. The molecule has 0 spiro atoms. The molecule has 0 radical (unpaired) electrons. The Morgan fingerprint density at radius 2 is 1.86 bits per heavy atom. The van der Waals surface area contributed by atoms with Gasteiger partial charge < -0.3 is 23.9 Å². The van der Waals surface area contributed by atoms with Crippen LogP contribution in [-0.4, -0.2) is 49.7 Å². The zero-order valence-electron chi connectivity index (χ0n) is 25.1. The van der Waals surface area contributed by atoms with Crippen molar-refractivity contribution in [3.05, 3.63) is 71.8 Å². The number of hydrogen-bond acceptors (Lipinski definition) is 4. The summed E-state index contributed by atoms with van der Waals surface area (Å²) in [5.74, 6) is 3.46. The Hall–Kier alpha value is -4.10. The monoisotopic (exact) mass is 574 g/mol. The van der Waals surface area contributed by atoms with Gasteiger partial charge in [0.15, 0.2) is 5.82 Å². The number of fused-ring (bicyclic) bond motifs is 4. The minimum absolute atomic E-state index is 0.0162. The molecule has 2 saturated carbocycles. The predicted octanol–water partition coefficient (Wildman–Crippen LogP) is 6.64. The van der Waals surface area contributed by atoms with Crippen molar-refractivity contribution in [2.75, 3.05) is 13.7 Å². The lowest BCUT2D eigenvalue weighted by Crippen LogP contribution is -2.38. The van der Waals surface area contributed by atoms with Gasteiger partial charge in [0, 0.05) is 42.7 Å². The number of carbonyl (C=O) groups is 1. The second-order valence-electron chi connectivity index (χ2n) is 12.9. The molecule has 7 nitrogen and oxygen atoms in total. The summed E-state index contributed by atoms with van der Waals surface area (Å²) in [6.07, 6.45) is 4.80. The van der Waals surface area contributed by atoms with Gasteiger partial charge in [-0.1, -0.05) is 43.3 Å². The normalized spacial score (nSPS) is 21.4. The van der Waals surface area contributed by atoms with E-state index in [1.165, 1.54) is 24.8 Å². The minimum Gasteiger partial charge on any atom is -0.494 e. The lowest BCUT2D eigenvalue weighted by atomic mass is 10.0. The summed E-state index contributed by atoms with van der Waals surface area (Å²) in [7, 11) is 3.72. The highest BCUT2D eigenvalue weighted by Gasteiger charge is 2.46. The van der Waals surface area contributed by atoms with Crippen LogP contribution in [-0.2, 0) is 20.2 Å². The smallest absolute Gasteiger partial charge is 0.254 e. The second kappa shape index (κ2) is 9.98. The van der Waals surface area contributed by atoms with Crippen molar-refractivity contribution in [2.24, 2.45) is 24.8 Å². The number of aliphatic hydroxyl groups excluding tert-OH is 1. The summed E-state index contributed by atoms with van der Waals surface area (Å²) in [6, 6.07) is 21.1. The van der Waals surface area contributed by atoms with Gasteiger partial charge in [-0.15, -0.1) is 0 Å². The number of ether oxygens (including phenoxy) is 1. The summed E-state index contributed by atoms with van der Waals surface area (Å²) in [5, 5.41) is 11.0. The molecule has 5 aromatic rings. The van der Waals surface area contributed by atoms with Gasteiger partial charge in [-0.25, -0.2) is 4.98 Å². The zero-order valence-corrected chi connectivity index (χ0v) is 25.1. The number of rotatable bonds is 7. The topological polar surface area (TPSA) is 72.5 Å². The van der Waals surface area contributed by atoms with Crippen LogP contribution in [0.2, 0.25) is 0 Å². The molecular formula is C36H38N4O3. The van der Waals surface area contributed by atoms with Gasteiger partial charge in [0.05, 0.1) is 30.4 Å². The molecule has 8 rings (SSSR count). The Morgan fingerprint density at radius 1 is 1.02 bits per heavy atom. The lowest BCUT2D eigenvalue weighted by Gasteiger charge is -2.27. The number of hydrogen-bond donors (Lipinski definition) is 1. The van der Waals surface area contributed by atoms with Crippen molar-refractivity contribution >= 4 is 27.8 Å². The Kier molecular flexibility index (Phi) is 6.16. The molecule has 2 bridgehead atoms. The Bertz CT molecular complexity index is 1900. The standard InChI is InChI=1S/C36H38N4O3/c1-21-26-12-13-30(21)40(19-26)36(42)27-15-29-34(32(17-27)43-3)38(2)35(37-29)31-16-25-8-5-9-28(24-7-4-6-23(14-24)20-41)33(25)39(31)18-22-10-11-22/h4-9,14-17,21-22,26,30,41H,10-13,18-20H2,1-3H3/t21-,26?,30?/m1/s1. The summed E-state index contributed by atoms with van der Waals surface area (Å²) >= 11 is 0. The van der Waals surface area contributed by atoms with Gasteiger partial charge in [0.25, 0.3) is 5.91 Å². The molecular weight excluding hydrogens is 536 g/mol. The fraction of sp³-hybridized carbons (Fsp3) is 0.389. The highest BCUT2D eigenvalue weighted by atomic mass is 16.5. The number of aliphatic hydroxyl groups is 1. The fourth-order valence-corrected chi connectivity index (χ4v) is 7.86. The maximum absolute atomic E-state index is 13.8. The first-order valence-corrected chi connectivity index (χ1v) is 15.6. The molecule has 3 fully saturated rings. The van der Waals surface area contributed by atoms with Crippen LogP contribution in [0.3, 0.4) is 0 Å². The molecule has 3 aliphatic rings. The van der Waals surface area contributed by atoms with Crippen molar-refractivity contribution in [3.63, 3.8) is 0 Å². The number of nitrogens with zero attached hydrogens (tertiary/aromatic N) is 4. The van der Waals surface area contributed by atoms with Crippen LogP contribution >= 0.6 is 0 Å². The first-order chi connectivity index (χ1) is 20.9. The molecule has 1 amide bonds. The second-order valence-corrected chi connectivity index (χ2v) is 12.9. The quantitative estimate of drug-likeness (QED) is 0.236. The van der Waals surface area contributed by atoms with E-state index in [-0.39, 0.29) is 12.5 Å². The van der Waals surface area contributed by atoms with Crippen molar-refractivity contribution in [3.8, 4) is 28.4 Å². The number of aromatic nitrogens is 3. The third-order valence-corrected chi connectivity index (χ3v) is 10.4. The van der Waals surface area contributed by atoms with E-state index in [0.29, 0.717) is 35.1 Å². The SMILES string of the molecule is COc1cc(C(=O)N2CC3CCC2[C@@H]3C)cc2nc(-c3cc4cccc(-c5cccc(CO)c5)c4n3CC3CC3)n(C)c12. The Labute approximate surface area is 251 Å². The lowest BCUT2D eigenvalue weighted by molar-refractivity contribution is 0.0696. The molecule has 2 aliphatic carbocycles. The van der Waals surface area contributed by atoms with Crippen molar-refractivity contribution in [1.29, 1.82) is 0 Å². The number of piperidine rings is 1. The molecule has 220 valence electrons. The molecule has 1 saturated heterocycles. The van der Waals surface area contributed by atoms with Crippen LogP contribution in [0.4, 0.5) is 0 Å². The minimum atomic E-state index is 0.0162. The Balaban J connectivity index is 1.28. The first-order valence-electron chi connectivity index (χ1n) is 15.6. The summed E-state index contributed by atoms with van der Waals surface area (Å²) in [5.41, 5.74) is 7.72. The van der Waals surface area contributed by atoms with E-state index in [9.17, 15) is 9.90 Å². The third-order valence-electron chi connectivity index (χ3n) is 10.4. The highest BCUT2D eigenvalue weighted by Crippen LogP contribution is 2.44. The molecule has 3 atom stereocenters. The van der Waals surface area contributed by atoms with E-state index in [4.69, 9.17) is 9.72 Å². The molecule has 43 heavy (non-hydrogen) atoms. The number of benzene rings is 3. The largest absolute Gasteiger partial charge is 0.494 e. The first kappa shape index (κ1) is 26.5. The molecule has 2 unspecified atom stereocenters. The van der Waals surface area contributed by atoms with Crippen LogP contribution in [0.1, 0.15) is 48.5 Å². The van der Waals surface area contributed by atoms with Gasteiger partial charge in [-0.2, -0.15) is 0 Å². The van der Waals surface area contributed by atoms with E-state index < -0.39 is 0 Å². The molecule has 1 aliphatic heterocycles. The number of carbonyl (C=O) groups excluding carboxylic acids is 1. The molecule has 2 aromatic heterocycles. The summed E-state index contributed by atoms with van der Waals surface area (Å²) < 4.78 is 10.5. The van der Waals surface area contributed by atoms with Crippen molar-refractivity contribution < 1.29 is 14.6 Å². The van der Waals surface area contributed by atoms with E-state index in [0.717, 1.165) is 64.1 Å². The molecule has 3 aromatic carbocycles. The van der Waals surface area contributed by atoms with E-state index in [2.05, 4.69) is 57.4 Å². The molecule has 3 heterocycles. The van der Waals surface area contributed by atoms with Gasteiger partial charge in [-0.05, 0) is 78.8 Å². The van der Waals surface area contributed by atoms with Crippen molar-refractivity contribution in [1.82, 2.24) is 19.0 Å². The van der Waals surface area contributed by atoms with Crippen LogP contribution < -0.4 is 4.74 Å². The maximum atomic E-state index is 13.8. The van der Waals surface area contributed by atoms with Gasteiger partial charge in [-0.3, -0.25) is 4.79 Å². The highest BCUT2D eigenvalue weighted by molar-refractivity contribution is 6.01. The zero-order chi connectivity index (χ0) is 29.4. The average Bonchev–Trinajstić information content (AvgIpc) is 3.42. The van der Waals surface area contributed by atoms with Crippen LogP contribution in [0.15, 0.2) is 60.7 Å². The van der Waals surface area contributed by atoms with Crippen LogP contribution in [0, 0.1) is 17.8 Å². The predicted molar refractivity (Wildman–Crippen MR) is 169 cm³/mol. The Morgan fingerprint density at radius 3 is 2.58 bits per heavy atom. The van der Waals surface area contributed by atoms with Crippen LogP contribution in [0.5, 0.6) is 5.75 Å². The number of likely N-dealkylation sites (tertiary alicyclic amines) is 1. The van der Waals surface area contributed by atoms with Crippen LogP contribution in [0.25, 0.3) is 44.6 Å². The summed E-state index contributed by atoms with van der Waals surface area (Å²) in [4.78, 5) is 21.1. The fourth-order valence-electron chi connectivity index (χ4n) is 7.86. The van der Waals surface area contributed by atoms with E-state index in [1.54, 1.807) is 7.11 Å². The van der Waals surface area contributed by atoms with E-state index >= 15 is 0 Å². The van der Waals surface area contributed by atoms with Gasteiger partial charge in [0.2, 0.25) is 0 Å². The average molecular weight is 575 g/mol. The van der Waals surface area contributed by atoms with E-state index in [1.807, 2.05) is 31.3 Å². The number of imidazole rings is 1. The van der Waals surface area contributed by atoms with Gasteiger partial charge >= 0.3 is 0 Å². The molecule has 7 heteroatoms. The molecule has 1 N–H and O–H groups in total. The number of para-hydroxylation sites is 1.